The van der Waals surface area contributed by atoms with Gasteiger partial charge in [0.25, 0.3) is 0 Å². The molecule has 0 aliphatic rings. The molecule has 0 spiro atoms. The van der Waals surface area contributed by atoms with Crippen LogP contribution in [0.4, 0.5) is 5.82 Å². The molecule has 1 heterocycles. The molecule has 4 nitrogen and oxygen atoms in total. The average molecular weight is 282 g/mol. The average Bonchev–Trinajstić information content (AvgIpc) is 2.69. The summed E-state index contributed by atoms with van der Waals surface area (Å²) >= 11 is 0. The zero-order valence-corrected chi connectivity index (χ0v) is 12.3. The van der Waals surface area contributed by atoms with Crippen LogP contribution in [0.3, 0.4) is 0 Å². The van der Waals surface area contributed by atoms with E-state index in [2.05, 4.69) is 22.5 Å². The second-order valence-corrected chi connectivity index (χ2v) is 4.23. The van der Waals surface area contributed by atoms with Crippen LogP contribution < -0.4 is 10.1 Å². The summed E-state index contributed by atoms with van der Waals surface area (Å²) in [7, 11) is 1.94. The van der Waals surface area contributed by atoms with Crippen molar-refractivity contribution in [3.05, 3.63) is 41.6 Å². The lowest BCUT2D eigenvalue weighted by Gasteiger charge is -2.09. The first kappa shape index (κ1) is 15.4. The van der Waals surface area contributed by atoms with Crippen LogP contribution >= 0.6 is 12.4 Å². The molecule has 0 saturated carbocycles. The summed E-state index contributed by atoms with van der Waals surface area (Å²) in [5, 5.41) is 7.59. The monoisotopic (exact) mass is 281 g/mol. The van der Waals surface area contributed by atoms with Gasteiger partial charge >= 0.3 is 0 Å². The van der Waals surface area contributed by atoms with Crippen molar-refractivity contribution in [2.45, 2.75) is 20.4 Å². The molecule has 5 heteroatoms. The molecule has 0 fully saturated rings. The zero-order chi connectivity index (χ0) is 13.0. The fourth-order valence-corrected chi connectivity index (χ4v) is 1.86. The van der Waals surface area contributed by atoms with Crippen molar-refractivity contribution in [3.63, 3.8) is 0 Å². The van der Waals surface area contributed by atoms with Crippen molar-refractivity contribution < 1.29 is 4.74 Å². The van der Waals surface area contributed by atoms with Gasteiger partial charge in [-0.3, -0.25) is 4.68 Å². The highest BCUT2D eigenvalue weighted by atomic mass is 35.5. The van der Waals surface area contributed by atoms with Crippen LogP contribution in [0.1, 0.15) is 18.1 Å². The number of halogens is 1. The molecule has 1 aromatic heterocycles. The van der Waals surface area contributed by atoms with E-state index in [9.17, 15) is 0 Å². The van der Waals surface area contributed by atoms with E-state index in [1.165, 1.54) is 5.56 Å². The molecular weight excluding hydrogens is 262 g/mol. The van der Waals surface area contributed by atoms with E-state index in [-0.39, 0.29) is 12.4 Å². The van der Waals surface area contributed by atoms with E-state index in [0.717, 1.165) is 23.7 Å². The maximum absolute atomic E-state index is 5.41. The van der Waals surface area contributed by atoms with E-state index in [4.69, 9.17) is 4.74 Å². The van der Waals surface area contributed by atoms with Gasteiger partial charge in [-0.15, -0.1) is 12.4 Å². The summed E-state index contributed by atoms with van der Waals surface area (Å²) in [5.41, 5.74) is 2.38. The van der Waals surface area contributed by atoms with Crippen LogP contribution in [0.2, 0.25) is 0 Å². The van der Waals surface area contributed by atoms with Crippen LogP contribution in [-0.2, 0) is 13.6 Å². The summed E-state index contributed by atoms with van der Waals surface area (Å²) in [4.78, 5) is 0. The Kier molecular flexibility index (Phi) is 5.70. The number of rotatable bonds is 5. The minimum atomic E-state index is 0. The molecule has 104 valence electrons. The smallest absolute Gasteiger partial charge is 0.127 e. The zero-order valence-electron chi connectivity index (χ0n) is 11.5. The minimum absolute atomic E-state index is 0. The van der Waals surface area contributed by atoms with E-state index >= 15 is 0 Å². The number of hydrogen-bond acceptors (Lipinski definition) is 3. The lowest BCUT2D eigenvalue weighted by molar-refractivity contribution is 0.340. The van der Waals surface area contributed by atoms with Gasteiger partial charge < -0.3 is 10.1 Å². The van der Waals surface area contributed by atoms with E-state index in [1.54, 1.807) is 0 Å². The number of nitrogens with one attached hydrogen (secondary N) is 1. The van der Waals surface area contributed by atoms with E-state index < -0.39 is 0 Å². The first-order valence-electron chi connectivity index (χ1n) is 6.15. The summed E-state index contributed by atoms with van der Waals surface area (Å²) in [6.45, 7) is 5.52. The number of aryl methyl sites for hydroxylation is 2. The molecule has 2 rings (SSSR count). The molecule has 0 aliphatic heterocycles. The Bertz CT molecular complexity index is 488. The first-order valence-corrected chi connectivity index (χ1v) is 6.15. The van der Waals surface area contributed by atoms with Crippen molar-refractivity contribution in [1.29, 1.82) is 0 Å². The second kappa shape index (κ2) is 7.04. The molecule has 0 bridgehead atoms. The Balaban J connectivity index is 0.00000180. The summed E-state index contributed by atoms with van der Waals surface area (Å²) < 4.78 is 7.27. The number of aromatic nitrogens is 2. The molecular formula is C14H20ClN3O. The molecule has 0 amide bonds. The SMILES string of the molecule is CCOc1ccc(CNc2c(C)cnn2C)cc1.Cl. The highest BCUT2D eigenvalue weighted by Crippen LogP contribution is 2.16. The minimum Gasteiger partial charge on any atom is -0.494 e. The van der Waals surface area contributed by atoms with E-state index in [1.807, 2.05) is 43.9 Å². The molecule has 19 heavy (non-hydrogen) atoms. The Hall–Kier alpha value is -1.68. The van der Waals surface area contributed by atoms with Crippen LogP contribution in [0.15, 0.2) is 30.5 Å². The number of ether oxygens (including phenoxy) is 1. The molecule has 0 saturated heterocycles. The first-order chi connectivity index (χ1) is 8.70. The largest absolute Gasteiger partial charge is 0.494 e. The third kappa shape index (κ3) is 3.89. The van der Waals surface area contributed by atoms with Gasteiger partial charge in [0.2, 0.25) is 0 Å². The second-order valence-electron chi connectivity index (χ2n) is 4.23. The highest BCUT2D eigenvalue weighted by molar-refractivity contribution is 5.85. The number of hydrogen-bond donors (Lipinski definition) is 1. The number of anilines is 1. The number of nitrogens with zero attached hydrogens (tertiary/aromatic N) is 2. The van der Waals surface area contributed by atoms with Crippen molar-refractivity contribution in [2.24, 2.45) is 7.05 Å². The third-order valence-electron chi connectivity index (χ3n) is 2.82. The predicted molar refractivity (Wildman–Crippen MR) is 80.1 cm³/mol. The topological polar surface area (TPSA) is 39.1 Å². The molecule has 0 unspecified atom stereocenters. The van der Waals surface area contributed by atoms with Gasteiger partial charge in [0.1, 0.15) is 11.6 Å². The molecule has 1 N–H and O–H groups in total. The van der Waals surface area contributed by atoms with Crippen molar-refractivity contribution in [3.8, 4) is 5.75 Å². The molecule has 0 radical (unpaired) electrons. The highest BCUT2D eigenvalue weighted by Gasteiger charge is 2.03. The molecule has 0 atom stereocenters. The summed E-state index contributed by atoms with van der Waals surface area (Å²) in [6.07, 6.45) is 1.86. The Labute approximate surface area is 120 Å². The normalized spacial score (nSPS) is 9.84. The van der Waals surface area contributed by atoms with Gasteiger partial charge in [-0.25, -0.2) is 0 Å². The van der Waals surface area contributed by atoms with Crippen LogP contribution in [0.25, 0.3) is 0 Å². The summed E-state index contributed by atoms with van der Waals surface area (Å²) in [6, 6.07) is 8.14. The van der Waals surface area contributed by atoms with Gasteiger partial charge in [0.15, 0.2) is 0 Å². The Morgan fingerprint density at radius 1 is 1.26 bits per heavy atom. The molecule has 2 aromatic rings. The quantitative estimate of drug-likeness (QED) is 0.915. The van der Waals surface area contributed by atoms with Gasteiger partial charge in [-0.1, -0.05) is 12.1 Å². The van der Waals surface area contributed by atoms with Gasteiger partial charge in [-0.05, 0) is 31.5 Å². The fourth-order valence-electron chi connectivity index (χ4n) is 1.86. The standard InChI is InChI=1S/C14H19N3O.ClH/c1-4-18-13-7-5-12(6-8-13)10-15-14-11(2)9-16-17(14)3;/h5-9,15H,4,10H2,1-3H3;1H. The molecule has 0 aliphatic carbocycles. The van der Waals surface area contributed by atoms with Gasteiger partial charge in [0.05, 0.1) is 12.8 Å². The summed E-state index contributed by atoms with van der Waals surface area (Å²) in [5.74, 6) is 1.97. The lowest BCUT2D eigenvalue weighted by atomic mass is 10.2. The molecule has 1 aromatic carbocycles. The van der Waals surface area contributed by atoms with Crippen molar-refractivity contribution in [1.82, 2.24) is 9.78 Å². The maximum Gasteiger partial charge on any atom is 0.127 e. The van der Waals surface area contributed by atoms with E-state index in [0.29, 0.717) is 6.61 Å². The van der Waals surface area contributed by atoms with Crippen molar-refractivity contribution in [2.75, 3.05) is 11.9 Å². The Morgan fingerprint density at radius 3 is 2.47 bits per heavy atom. The maximum atomic E-state index is 5.41. The lowest BCUT2D eigenvalue weighted by Crippen LogP contribution is -2.05. The Morgan fingerprint density at radius 2 is 1.95 bits per heavy atom. The predicted octanol–water partition coefficient (Wildman–Crippen LogP) is 3.16. The fraction of sp³-hybridized carbons (Fsp3) is 0.357. The third-order valence-corrected chi connectivity index (χ3v) is 2.82. The van der Waals surface area contributed by atoms with Gasteiger partial charge in [0, 0.05) is 19.2 Å². The van der Waals surface area contributed by atoms with Crippen molar-refractivity contribution >= 4 is 18.2 Å². The number of benzene rings is 1. The van der Waals surface area contributed by atoms with Crippen LogP contribution in [-0.4, -0.2) is 16.4 Å². The van der Waals surface area contributed by atoms with Crippen LogP contribution in [0, 0.1) is 6.92 Å². The van der Waals surface area contributed by atoms with Crippen LogP contribution in [0.5, 0.6) is 5.75 Å². The van der Waals surface area contributed by atoms with Gasteiger partial charge in [-0.2, -0.15) is 5.10 Å².